The number of hydrogen-bond donors (Lipinski definition) is 3. The number of aryl methyl sites for hydroxylation is 1. The molecular weight excluding hydrogens is 406 g/mol. The number of ether oxygens (including phenoxy) is 2. The number of rotatable bonds is 7. The highest BCUT2D eigenvalue weighted by molar-refractivity contribution is 5.95. The Labute approximate surface area is 187 Å². The lowest BCUT2D eigenvalue weighted by Gasteiger charge is -2.22. The van der Waals surface area contributed by atoms with Gasteiger partial charge in [0.1, 0.15) is 35.8 Å². The summed E-state index contributed by atoms with van der Waals surface area (Å²) in [7, 11) is 1.82. The van der Waals surface area contributed by atoms with Crippen LogP contribution in [0, 0.1) is 11.3 Å². The predicted molar refractivity (Wildman–Crippen MR) is 125 cm³/mol. The second kappa shape index (κ2) is 9.30. The predicted octanol–water partition coefficient (Wildman–Crippen LogP) is 3.29. The SMILES string of the molecule is Cn1c(N)c(C#N)c2cc(OCc3cccc(NC(=O)[C@@H](N)COC(C)(C)C)c3)ccc21. The first-order chi connectivity index (χ1) is 15.1. The van der Waals surface area contributed by atoms with Crippen LogP contribution in [0.2, 0.25) is 0 Å². The summed E-state index contributed by atoms with van der Waals surface area (Å²) in [5.74, 6) is 0.730. The molecule has 168 valence electrons. The van der Waals surface area contributed by atoms with Crippen LogP contribution in [-0.4, -0.2) is 28.7 Å². The molecule has 0 spiro atoms. The van der Waals surface area contributed by atoms with Gasteiger partial charge in [-0.1, -0.05) is 12.1 Å². The van der Waals surface area contributed by atoms with Gasteiger partial charge in [0.15, 0.2) is 0 Å². The van der Waals surface area contributed by atoms with E-state index in [-0.39, 0.29) is 18.1 Å². The lowest BCUT2D eigenvalue weighted by atomic mass is 10.1. The molecule has 1 amide bonds. The zero-order valence-electron chi connectivity index (χ0n) is 18.8. The number of carbonyl (C=O) groups excluding carboxylic acids is 1. The van der Waals surface area contributed by atoms with Gasteiger partial charge in [-0.25, -0.2) is 0 Å². The van der Waals surface area contributed by atoms with E-state index in [4.69, 9.17) is 20.9 Å². The number of nitriles is 1. The number of aromatic nitrogens is 1. The lowest BCUT2D eigenvalue weighted by Crippen LogP contribution is -2.41. The van der Waals surface area contributed by atoms with Crippen molar-refractivity contribution in [3.8, 4) is 11.8 Å². The van der Waals surface area contributed by atoms with E-state index in [0.717, 1.165) is 16.5 Å². The molecule has 2 aromatic carbocycles. The zero-order chi connectivity index (χ0) is 23.5. The molecule has 3 aromatic rings. The Kier molecular flexibility index (Phi) is 6.72. The summed E-state index contributed by atoms with van der Waals surface area (Å²) < 4.78 is 13.3. The Bertz CT molecular complexity index is 1170. The summed E-state index contributed by atoms with van der Waals surface area (Å²) in [6.45, 7) is 6.15. The first-order valence-corrected chi connectivity index (χ1v) is 10.3. The summed E-state index contributed by atoms with van der Waals surface area (Å²) in [5, 5.41) is 13.0. The van der Waals surface area contributed by atoms with E-state index in [1.807, 2.05) is 64.2 Å². The molecular formula is C24H29N5O3. The second-order valence-electron chi connectivity index (χ2n) is 8.62. The van der Waals surface area contributed by atoms with Gasteiger partial charge in [0.2, 0.25) is 5.91 Å². The molecule has 5 N–H and O–H groups in total. The highest BCUT2D eigenvalue weighted by Gasteiger charge is 2.18. The van der Waals surface area contributed by atoms with E-state index >= 15 is 0 Å². The number of amides is 1. The van der Waals surface area contributed by atoms with Crippen LogP contribution in [0.25, 0.3) is 10.9 Å². The van der Waals surface area contributed by atoms with Crippen LogP contribution in [-0.2, 0) is 23.2 Å². The van der Waals surface area contributed by atoms with E-state index in [1.54, 1.807) is 10.6 Å². The Hall–Kier alpha value is -3.54. The van der Waals surface area contributed by atoms with Crippen molar-refractivity contribution in [2.24, 2.45) is 12.8 Å². The molecule has 0 unspecified atom stereocenters. The van der Waals surface area contributed by atoms with Gasteiger partial charge in [0, 0.05) is 18.1 Å². The summed E-state index contributed by atoms with van der Waals surface area (Å²) in [4.78, 5) is 12.3. The van der Waals surface area contributed by atoms with Gasteiger partial charge in [0.05, 0.1) is 17.7 Å². The Morgan fingerprint density at radius 3 is 2.69 bits per heavy atom. The van der Waals surface area contributed by atoms with Gasteiger partial charge in [-0.15, -0.1) is 0 Å². The van der Waals surface area contributed by atoms with Gasteiger partial charge in [0.25, 0.3) is 0 Å². The number of nitrogens with two attached hydrogens (primary N) is 2. The van der Waals surface area contributed by atoms with E-state index < -0.39 is 6.04 Å². The fraction of sp³-hybridized carbons (Fsp3) is 0.333. The standard InChI is InChI=1S/C24H29N5O3/c1-24(2,3)32-14-20(26)23(30)28-16-7-5-6-15(10-16)13-31-17-8-9-21-18(11-17)19(12-25)22(27)29(21)4/h5-11,20H,13-14,26-27H2,1-4H3,(H,28,30)/t20-/m0/s1. The van der Waals surface area contributed by atoms with E-state index in [0.29, 0.717) is 29.4 Å². The molecule has 0 saturated carbocycles. The third kappa shape index (κ3) is 5.38. The van der Waals surface area contributed by atoms with Crippen LogP contribution in [0.5, 0.6) is 5.75 Å². The van der Waals surface area contributed by atoms with Crippen LogP contribution < -0.4 is 21.5 Å². The fourth-order valence-electron chi connectivity index (χ4n) is 3.21. The molecule has 8 heteroatoms. The maximum absolute atomic E-state index is 12.3. The van der Waals surface area contributed by atoms with E-state index in [9.17, 15) is 10.1 Å². The Morgan fingerprint density at radius 2 is 2.00 bits per heavy atom. The number of nitrogen functional groups attached to an aromatic ring is 1. The molecule has 1 atom stereocenters. The van der Waals surface area contributed by atoms with Crippen molar-refractivity contribution >= 4 is 28.3 Å². The number of benzene rings is 2. The van der Waals surface area contributed by atoms with Crippen molar-refractivity contribution in [1.82, 2.24) is 4.57 Å². The number of nitrogens with zero attached hydrogens (tertiary/aromatic N) is 2. The lowest BCUT2D eigenvalue weighted by molar-refractivity contribution is -0.120. The molecule has 0 saturated heterocycles. The average molecular weight is 436 g/mol. The maximum atomic E-state index is 12.3. The number of hydrogen-bond acceptors (Lipinski definition) is 6. The van der Waals surface area contributed by atoms with Crippen LogP contribution in [0.3, 0.4) is 0 Å². The quantitative estimate of drug-likeness (QED) is 0.522. The van der Waals surface area contributed by atoms with Crippen molar-refractivity contribution in [2.75, 3.05) is 17.7 Å². The van der Waals surface area contributed by atoms with Crippen LogP contribution in [0.1, 0.15) is 31.9 Å². The minimum atomic E-state index is -0.770. The number of anilines is 2. The van der Waals surface area contributed by atoms with Gasteiger partial charge < -0.3 is 30.8 Å². The largest absolute Gasteiger partial charge is 0.489 e. The van der Waals surface area contributed by atoms with Gasteiger partial charge in [-0.2, -0.15) is 5.26 Å². The van der Waals surface area contributed by atoms with Gasteiger partial charge in [-0.05, 0) is 56.7 Å². The van der Waals surface area contributed by atoms with Gasteiger partial charge >= 0.3 is 0 Å². The Morgan fingerprint density at radius 1 is 1.25 bits per heavy atom. The first kappa shape index (κ1) is 23.1. The minimum absolute atomic E-state index is 0.134. The van der Waals surface area contributed by atoms with Gasteiger partial charge in [-0.3, -0.25) is 4.79 Å². The minimum Gasteiger partial charge on any atom is -0.489 e. The van der Waals surface area contributed by atoms with Crippen molar-refractivity contribution in [1.29, 1.82) is 5.26 Å². The summed E-state index contributed by atoms with van der Waals surface area (Å²) >= 11 is 0. The van der Waals surface area contributed by atoms with E-state index in [1.165, 1.54) is 0 Å². The molecule has 0 bridgehead atoms. The number of nitrogens with one attached hydrogen (secondary N) is 1. The van der Waals surface area contributed by atoms with Crippen molar-refractivity contribution < 1.29 is 14.3 Å². The normalized spacial score (nSPS) is 12.4. The summed E-state index contributed by atoms with van der Waals surface area (Å²) in [6, 6.07) is 14.3. The highest BCUT2D eigenvalue weighted by Crippen LogP contribution is 2.30. The maximum Gasteiger partial charge on any atom is 0.243 e. The van der Waals surface area contributed by atoms with Crippen molar-refractivity contribution in [3.63, 3.8) is 0 Å². The first-order valence-electron chi connectivity index (χ1n) is 10.3. The molecule has 0 radical (unpaired) electrons. The topological polar surface area (TPSA) is 128 Å². The monoisotopic (exact) mass is 435 g/mol. The van der Waals surface area contributed by atoms with E-state index in [2.05, 4.69) is 11.4 Å². The number of carbonyl (C=O) groups is 1. The molecule has 0 aliphatic carbocycles. The smallest absolute Gasteiger partial charge is 0.243 e. The van der Waals surface area contributed by atoms with Crippen molar-refractivity contribution in [3.05, 3.63) is 53.6 Å². The second-order valence-corrected chi connectivity index (χ2v) is 8.62. The fourth-order valence-corrected chi connectivity index (χ4v) is 3.21. The third-order valence-electron chi connectivity index (χ3n) is 4.96. The number of fused-ring (bicyclic) bond motifs is 1. The van der Waals surface area contributed by atoms with Crippen LogP contribution >= 0.6 is 0 Å². The zero-order valence-corrected chi connectivity index (χ0v) is 18.8. The molecule has 3 rings (SSSR count). The molecule has 8 nitrogen and oxygen atoms in total. The molecule has 0 fully saturated rings. The summed E-state index contributed by atoms with van der Waals surface area (Å²) in [5.41, 5.74) is 14.4. The highest BCUT2D eigenvalue weighted by atomic mass is 16.5. The molecule has 1 aromatic heterocycles. The average Bonchev–Trinajstić information content (AvgIpc) is 2.99. The van der Waals surface area contributed by atoms with Crippen LogP contribution in [0.4, 0.5) is 11.5 Å². The van der Waals surface area contributed by atoms with Crippen molar-refractivity contribution in [2.45, 2.75) is 39.0 Å². The molecule has 0 aliphatic heterocycles. The molecule has 0 aliphatic rings. The summed E-state index contributed by atoms with van der Waals surface area (Å²) in [6.07, 6.45) is 0. The Balaban J connectivity index is 1.65. The van der Waals surface area contributed by atoms with Crippen LogP contribution in [0.15, 0.2) is 42.5 Å². The molecule has 32 heavy (non-hydrogen) atoms. The molecule has 1 heterocycles. The third-order valence-corrected chi connectivity index (χ3v) is 4.96.